The van der Waals surface area contributed by atoms with E-state index < -0.39 is 0 Å². The first kappa shape index (κ1) is 12.5. The van der Waals surface area contributed by atoms with E-state index in [0.717, 1.165) is 17.8 Å². The molecule has 0 bridgehead atoms. The molecule has 0 saturated heterocycles. The van der Waals surface area contributed by atoms with Crippen molar-refractivity contribution in [2.75, 3.05) is 7.05 Å². The predicted octanol–water partition coefficient (Wildman–Crippen LogP) is 2.09. The van der Waals surface area contributed by atoms with Crippen LogP contribution in [-0.4, -0.2) is 28.0 Å². The molecule has 1 aliphatic rings. The SMILES string of the molecule is CN(Cc1cccnc1C(N)=S)C1CCCC1. The lowest BCUT2D eigenvalue weighted by molar-refractivity contribution is 0.237. The van der Waals surface area contributed by atoms with Gasteiger partial charge in [-0.15, -0.1) is 0 Å². The fourth-order valence-corrected chi connectivity index (χ4v) is 2.71. The number of pyridine rings is 1. The van der Waals surface area contributed by atoms with Crippen molar-refractivity contribution in [2.24, 2.45) is 5.73 Å². The molecule has 1 aromatic heterocycles. The van der Waals surface area contributed by atoms with Crippen LogP contribution in [0.5, 0.6) is 0 Å². The van der Waals surface area contributed by atoms with Gasteiger partial charge in [0.25, 0.3) is 0 Å². The van der Waals surface area contributed by atoms with E-state index in [0.29, 0.717) is 11.0 Å². The average molecular weight is 249 g/mol. The van der Waals surface area contributed by atoms with Crippen molar-refractivity contribution in [3.8, 4) is 0 Å². The minimum Gasteiger partial charge on any atom is -0.388 e. The third-order valence-electron chi connectivity index (χ3n) is 3.49. The van der Waals surface area contributed by atoms with Crippen LogP contribution in [0.25, 0.3) is 0 Å². The van der Waals surface area contributed by atoms with Gasteiger partial charge in [-0.05, 0) is 31.5 Å². The maximum absolute atomic E-state index is 5.69. The van der Waals surface area contributed by atoms with Crippen LogP contribution in [0.3, 0.4) is 0 Å². The number of thiocarbonyl (C=S) groups is 1. The summed E-state index contributed by atoms with van der Waals surface area (Å²) >= 11 is 5.03. The monoisotopic (exact) mass is 249 g/mol. The van der Waals surface area contributed by atoms with Crippen LogP contribution in [0.4, 0.5) is 0 Å². The van der Waals surface area contributed by atoms with E-state index in [1.807, 2.05) is 6.07 Å². The summed E-state index contributed by atoms with van der Waals surface area (Å²) in [6.45, 7) is 0.880. The lowest BCUT2D eigenvalue weighted by Crippen LogP contribution is -2.29. The molecule has 3 nitrogen and oxygen atoms in total. The van der Waals surface area contributed by atoms with Gasteiger partial charge in [0.2, 0.25) is 0 Å². The quantitative estimate of drug-likeness (QED) is 0.830. The second-order valence-electron chi connectivity index (χ2n) is 4.73. The van der Waals surface area contributed by atoms with E-state index in [1.54, 1.807) is 6.20 Å². The molecule has 1 aliphatic carbocycles. The number of nitrogens with zero attached hydrogens (tertiary/aromatic N) is 2. The van der Waals surface area contributed by atoms with E-state index in [1.165, 1.54) is 25.7 Å². The van der Waals surface area contributed by atoms with Gasteiger partial charge in [0, 0.05) is 18.8 Å². The van der Waals surface area contributed by atoms with E-state index in [2.05, 4.69) is 23.0 Å². The molecular weight excluding hydrogens is 230 g/mol. The molecule has 0 spiro atoms. The third-order valence-corrected chi connectivity index (χ3v) is 3.69. The van der Waals surface area contributed by atoms with Gasteiger partial charge in [0.05, 0.1) is 0 Å². The molecular formula is C13H19N3S. The minimum atomic E-state index is 0.389. The Kier molecular flexibility index (Phi) is 4.07. The largest absolute Gasteiger partial charge is 0.388 e. The fourth-order valence-electron chi connectivity index (χ4n) is 2.53. The Balaban J connectivity index is 2.09. The predicted molar refractivity (Wildman–Crippen MR) is 73.8 cm³/mol. The Morgan fingerprint density at radius 1 is 1.53 bits per heavy atom. The summed E-state index contributed by atoms with van der Waals surface area (Å²) in [5, 5.41) is 0. The molecule has 0 aliphatic heterocycles. The highest BCUT2D eigenvalue weighted by molar-refractivity contribution is 7.80. The van der Waals surface area contributed by atoms with Gasteiger partial charge in [-0.2, -0.15) is 0 Å². The molecule has 17 heavy (non-hydrogen) atoms. The summed E-state index contributed by atoms with van der Waals surface area (Å²) in [5.74, 6) is 0. The highest BCUT2D eigenvalue weighted by atomic mass is 32.1. The fraction of sp³-hybridized carbons (Fsp3) is 0.538. The second-order valence-corrected chi connectivity index (χ2v) is 5.17. The zero-order valence-corrected chi connectivity index (χ0v) is 11.0. The van der Waals surface area contributed by atoms with Gasteiger partial charge in [-0.25, -0.2) is 0 Å². The van der Waals surface area contributed by atoms with Crippen LogP contribution in [0.15, 0.2) is 18.3 Å². The Morgan fingerprint density at radius 3 is 2.88 bits per heavy atom. The third kappa shape index (κ3) is 3.01. The maximum Gasteiger partial charge on any atom is 0.123 e. The Labute approximate surface area is 108 Å². The zero-order chi connectivity index (χ0) is 12.3. The Hall–Kier alpha value is -1.00. The van der Waals surface area contributed by atoms with E-state index >= 15 is 0 Å². The molecule has 1 heterocycles. The van der Waals surface area contributed by atoms with Crippen molar-refractivity contribution in [3.05, 3.63) is 29.6 Å². The van der Waals surface area contributed by atoms with Crippen LogP contribution in [-0.2, 0) is 6.54 Å². The second kappa shape index (κ2) is 5.56. The topological polar surface area (TPSA) is 42.2 Å². The first-order valence-corrected chi connectivity index (χ1v) is 6.53. The highest BCUT2D eigenvalue weighted by Crippen LogP contribution is 2.24. The van der Waals surface area contributed by atoms with Crippen molar-refractivity contribution in [1.29, 1.82) is 0 Å². The number of aromatic nitrogens is 1. The molecule has 0 aromatic carbocycles. The average Bonchev–Trinajstić information content (AvgIpc) is 2.83. The van der Waals surface area contributed by atoms with Crippen molar-refractivity contribution < 1.29 is 0 Å². The van der Waals surface area contributed by atoms with Gasteiger partial charge in [-0.1, -0.05) is 31.1 Å². The molecule has 1 saturated carbocycles. The molecule has 1 aromatic rings. The molecule has 2 rings (SSSR count). The number of hydrogen-bond acceptors (Lipinski definition) is 3. The van der Waals surface area contributed by atoms with Gasteiger partial charge >= 0.3 is 0 Å². The van der Waals surface area contributed by atoms with Crippen molar-refractivity contribution in [1.82, 2.24) is 9.88 Å². The van der Waals surface area contributed by atoms with Gasteiger partial charge < -0.3 is 5.73 Å². The molecule has 1 fully saturated rings. The first-order chi connectivity index (χ1) is 8.18. The van der Waals surface area contributed by atoms with Crippen molar-refractivity contribution in [2.45, 2.75) is 38.3 Å². The summed E-state index contributed by atoms with van der Waals surface area (Å²) < 4.78 is 0. The molecule has 0 amide bonds. The number of hydrogen-bond donors (Lipinski definition) is 1. The normalized spacial score (nSPS) is 16.6. The number of nitrogens with two attached hydrogens (primary N) is 1. The Morgan fingerprint density at radius 2 is 2.24 bits per heavy atom. The molecule has 0 radical (unpaired) electrons. The maximum atomic E-state index is 5.69. The minimum absolute atomic E-state index is 0.389. The first-order valence-electron chi connectivity index (χ1n) is 6.12. The van der Waals surface area contributed by atoms with Crippen molar-refractivity contribution in [3.63, 3.8) is 0 Å². The summed E-state index contributed by atoms with van der Waals surface area (Å²) in [6.07, 6.45) is 7.06. The van der Waals surface area contributed by atoms with Crippen LogP contribution in [0, 0.1) is 0 Å². The molecule has 92 valence electrons. The standard InChI is InChI=1S/C13H19N3S/c1-16(11-6-2-3-7-11)9-10-5-4-8-15-12(10)13(14)17/h4-5,8,11H,2-3,6-7,9H2,1H3,(H2,14,17). The van der Waals surface area contributed by atoms with E-state index in [4.69, 9.17) is 18.0 Å². The van der Waals surface area contributed by atoms with Crippen molar-refractivity contribution >= 4 is 17.2 Å². The molecule has 0 unspecified atom stereocenters. The Bertz CT molecular complexity index is 399. The van der Waals surface area contributed by atoms with Crippen LogP contribution < -0.4 is 5.73 Å². The molecule has 0 atom stereocenters. The molecule has 4 heteroatoms. The highest BCUT2D eigenvalue weighted by Gasteiger charge is 2.20. The van der Waals surface area contributed by atoms with Crippen LogP contribution in [0.2, 0.25) is 0 Å². The summed E-state index contributed by atoms with van der Waals surface area (Å²) in [5.41, 5.74) is 7.60. The molecule has 2 N–H and O–H groups in total. The lowest BCUT2D eigenvalue weighted by Gasteiger charge is -2.24. The van der Waals surface area contributed by atoms with Crippen LogP contribution >= 0.6 is 12.2 Å². The number of rotatable bonds is 4. The van der Waals surface area contributed by atoms with Gasteiger partial charge in [0.15, 0.2) is 0 Å². The van der Waals surface area contributed by atoms with Gasteiger partial charge in [-0.3, -0.25) is 9.88 Å². The van der Waals surface area contributed by atoms with E-state index in [9.17, 15) is 0 Å². The summed E-state index contributed by atoms with van der Waals surface area (Å²) in [6, 6.07) is 4.71. The van der Waals surface area contributed by atoms with E-state index in [-0.39, 0.29) is 0 Å². The summed E-state index contributed by atoms with van der Waals surface area (Å²) in [7, 11) is 2.17. The van der Waals surface area contributed by atoms with Crippen LogP contribution in [0.1, 0.15) is 36.9 Å². The lowest BCUT2D eigenvalue weighted by atomic mass is 10.1. The smallest absolute Gasteiger partial charge is 0.123 e. The summed E-state index contributed by atoms with van der Waals surface area (Å²) in [4.78, 5) is 7.05. The van der Waals surface area contributed by atoms with Gasteiger partial charge in [0.1, 0.15) is 10.7 Å². The zero-order valence-electron chi connectivity index (χ0n) is 10.2.